The quantitative estimate of drug-likeness (QED) is 0.861. The predicted molar refractivity (Wildman–Crippen MR) is 85.3 cm³/mol. The number of hydrogen-bond donors (Lipinski definition) is 2. The van der Waals surface area contributed by atoms with Crippen LogP contribution in [0.15, 0.2) is 35.7 Å². The average molecular weight is 304 g/mol. The Hall–Kier alpha value is -1.85. The summed E-state index contributed by atoms with van der Waals surface area (Å²) in [7, 11) is 1.67. The summed E-state index contributed by atoms with van der Waals surface area (Å²) >= 11 is 1.66. The topological polar surface area (TPSA) is 50.4 Å². The van der Waals surface area contributed by atoms with Gasteiger partial charge in [-0.1, -0.05) is 24.3 Å². The van der Waals surface area contributed by atoms with E-state index in [1.165, 1.54) is 10.4 Å². The van der Waals surface area contributed by atoms with Gasteiger partial charge in [0.1, 0.15) is 0 Å². The van der Waals surface area contributed by atoms with E-state index in [2.05, 4.69) is 16.7 Å². The standard InChI is InChI=1S/C16H20N2O2S/c1-12-7-8-21-15(12)10-18-16(19)17-9-13-5-3-4-6-14(13)11-20-2/h3-8H,9-11H2,1-2H3,(H2,17,18,19). The van der Waals surface area contributed by atoms with Crippen LogP contribution in [-0.4, -0.2) is 13.1 Å². The van der Waals surface area contributed by atoms with Crippen LogP contribution < -0.4 is 10.6 Å². The van der Waals surface area contributed by atoms with Crippen molar-refractivity contribution in [3.63, 3.8) is 0 Å². The molecule has 112 valence electrons. The fourth-order valence-electron chi connectivity index (χ4n) is 2.01. The van der Waals surface area contributed by atoms with E-state index >= 15 is 0 Å². The van der Waals surface area contributed by atoms with Gasteiger partial charge in [-0.05, 0) is 35.1 Å². The molecule has 0 spiro atoms. The van der Waals surface area contributed by atoms with Crippen molar-refractivity contribution in [3.8, 4) is 0 Å². The minimum absolute atomic E-state index is 0.157. The molecule has 5 heteroatoms. The third-order valence-corrected chi connectivity index (χ3v) is 4.26. The molecule has 0 aliphatic rings. The normalized spacial score (nSPS) is 10.4. The average Bonchev–Trinajstić information content (AvgIpc) is 2.90. The summed E-state index contributed by atoms with van der Waals surface area (Å²) in [6.45, 7) is 3.66. The minimum Gasteiger partial charge on any atom is -0.380 e. The fraction of sp³-hybridized carbons (Fsp3) is 0.312. The first-order chi connectivity index (χ1) is 10.2. The van der Waals surface area contributed by atoms with Crippen molar-refractivity contribution >= 4 is 17.4 Å². The second-order valence-electron chi connectivity index (χ2n) is 4.76. The Bertz CT molecular complexity index is 595. The van der Waals surface area contributed by atoms with E-state index in [1.807, 2.05) is 36.6 Å². The Morgan fingerprint density at radius 1 is 1.14 bits per heavy atom. The molecular weight excluding hydrogens is 284 g/mol. The maximum absolute atomic E-state index is 11.8. The molecule has 1 aromatic carbocycles. The summed E-state index contributed by atoms with van der Waals surface area (Å²) in [4.78, 5) is 13.0. The van der Waals surface area contributed by atoms with Crippen molar-refractivity contribution in [3.05, 3.63) is 57.3 Å². The molecule has 2 aromatic rings. The van der Waals surface area contributed by atoms with Crippen LogP contribution in [0.1, 0.15) is 21.6 Å². The summed E-state index contributed by atoms with van der Waals surface area (Å²) in [6, 6.07) is 9.84. The molecular formula is C16H20N2O2S. The number of carbonyl (C=O) groups excluding carboxylic acids is 1. The van der Waals surface area contributed by atoms with Crippen LogP contribution in [0.25, 0.3) is 0 Å². The van der Waals surface area contributed by atoms with Crippen molar-refractivity contribution in [1.82, 2.24) is 10.6 Å². The first-order valence-corrected chi connectivity index (χ1v) is 7.69. The molecule has 2 N–H and O–H groups in total. The van der Waals surface area contributed by atoms with Gasteiger partial charge in [0.15, 0.2) is 0 Å². The van der Waals surface area contributed by atoms with E-state index in [0.29, 0.717) is 19.7 Å². The Morgan fingerprint density at radius 3 is 2.52 bits per heavy atom. The smallest absolute Gasteiger partial charge is 0.315 e. The zero-order valence-electron chi connectivity index (χ0n) is 12.3. The highest BCUT2D eigenvalue weighted by Gasteiger charge is 2.05. The monoisotopic (exact) mass is 304 g/mol. The van der Waals surface area contributed by atoms with Gasteiger partial charge in [-0.2, -0.15) is 0 Å². The van der Waals surface area contributed by atoms with Gasteiger partial charge in [0, 0.05) is 18.5 Å². The van der Waals surface area contributed by atoms with E-state index in [4.69, 9.17) is 4.74 Å². The molecule has 4 nitrogen and oxygen atoms in total. The van der Waals surface area contributed by atoms with Gasteiger partial charge in [0.25, 0.3) is 0 Å². The highest BCUT2D eigenvalue weighted by atomic mass is 32.1. The van der Waals surface area contributed by atoms with E-state index in [1.54, 1.807) is 18.4 Å². The summed E-state index contributed by atoms with van der Waals surface area (Å²) in [5.74, 6) is 0. The molecule has 2 rings (SSSR count). The van der Waals surface area contributed by atoms with Crippen LogP contribution >= 0.6 is 11.3 Å². The first kappa shape index (κ1) is 15.5. The van der Waals surface area contributed by atoms with Crippen molar-refractivity contribution in [2.45, 2.75) is 26.6 Å². The maximum Gasteiger partial charge on any atom is 0.315 e. The van der Waals surface area contributed by atoms with Gasteiger partial charge >= 0.3 is 6.03 Å². The van der Waals surface area contributed by atoms with Gasteiger partial charge in [-0.3, -0.25) is 0 Å². The molecule has 0 fully saturated rings. The molecule has 1 heterocycles. The second kappa shape index (κ2) is 7.81. The van der Waals surface area contributed by atoms with Crippen LogP contribution in [0, 0.1) is 6.92 Å². The number of hydrogen-bond acceptors (Lipinski definition) is 3. The summed E-state index contributed by atoms with van der Waals surface area (Å²) in [5, 5.41) is 7.79. The number of amides is 2. The number of thiophene rings is 1. The van der Waals surface area contributed by atoms with E-state index in [0.717, 1.165) is 11.1 Å². The lowest BCUT2D eigenvalue weighted by atomic mass is 10.1. The summed E-state index contributed by atoms with van der Waals surface area (Å²) in [5.41, 5.74) is 3.38. The molecule has 0 saturated carbocycles. The number of rotatable bonds is 6. The number of methoxy groups -OCH3 is 1. The van der Waals surface area contributed by atoms with Crippen molar-refractivity contribution < 1.29 is 9.53 Å². The number of urea groups is 1. The van der Waals surface area contributed by atoms with Gasteiger partial charge in [-0.15, -0.1) is 11.3 Å². The first-order valence-electron chi connectivity index (χ1n) is 6.81. The largest absolute Gasteiger partial charge is 0.380 e. The molecule has 0 unspecified atom stereocenters. The molecule has 0 bridgehead atoms. The predicted octanol–water partition coefficient (Wildman–Crippen LogP) is 3.20. The number of nitrogens with one attached hydrogen (secondary N) is 2. The Labute approximate surface area is 129 Å². The van der Waals surface area contributed by atoms with Crippen LogP contribution in [0.3, 0.4) is 0 Å². The van der Waals surface area contributed by atoms with Crippen LogP contribution in [-0.2, 0) is 24.4 Å². The van der Waals surface area contributed by atoms with Crippen LogP contribution in [0.5, 0.6) is 0 Å². The Morgan fingerprint density at radius 2 is 1.86 bits per heavy atom. The van der Waals surface area contributed by atoms with Crippen molar-refractivity contribution in [1.29, 1.82) is 0 Å². The summed E-state index contributed by atoms with van der Waals surface area (Å²) < 4.78 is 5.16. The molecule has 0 aliphatic heterocycles. The van der Waals surface area contributed by atoms with E-state index < -0.39 is 0 Å². The number of benzene rings is 1. The van der Waals surface area contributed by atoms with Crippen LogP contribution in [0.4, 0.5) is 4.79 Å². The lowest BCUT2D eigenvalue weighted by molar-refractivity contribution is 0.184. The molecule has 2 amide bonds. The molecule has 21 heavy (non-hydrogen) atoms. The number of ether oxygens (including phenoxy) is 1. The second-order valence-corrected chi connectivity index (χ2v) is 5.77. The highest BCUT2D eigenvalue weighted by Crippen LogP contribution is 2.14. The zero-order valence-corrected chi connectivity index (χ0v) is 13.1. The molecule has 0 atom stereocenters. The van der Waals surface area contributed by atoms with Gasteiger partial charge in [0.2, 0.25) is 0 Å². The zero-order chi connectivity index (χ0) is 15.1. The van der Waals surface area contributed by atoms with Gasteiger partial charge < -0.3 is 15.4 Å². The molecule has 0 radical (unpaired) electrons. The summed E-state index contributed by atoms with van der Waals surface area (Å²) in [6.07, 6.45) is 0. The van der Waals surface area contributed by atoms with Gasteiger partial charge in [0.05, 0.1) is 13.2 Å². The SMILES string of the molecule is COCc1ccccc1CNC(=O)NCc1sccc1C. The Kier molecular flexibility index (Phi) is 5.78. The fourth-order valence-corrected chi connectivity index (χ4v) is 2.86. The highest BCUT2D eigenvalue weighted by molar-refractivity contribution is 7.10. The molecule has 0 saturated heterocycles. The number of aryl methyl sites for hydroxylation is 1. The van der Waals surface area contributed by atoms with E-state index in [9.17, 15) is 4.79 Å². The van der Waals surface area contributed by atoms with E-state index in [-0.39, 0.29) is 6.03 Å². The van der Waals surface area contributed by atoms with Gasteiger partial charge in [-0.25, -0.2) is 4.79 Å². The number of carbonyl (C=O) groups is 1. The maximum atomic E-state index is 11.8. The third kappa shape index (κ3) is 4.58. The molecule has 1 aromatic heterocycles. The lowest BCUT2D eigenvalue weighted by Crippen LogP contribution is -2.34. The van der Waals surface area contributed by atoms with Crippen molar-refractivity contribution in [2.75, 3.05) is 7.11 Å². The minimum atomic E-state index is -0.157. The van der Waals surface area contributed by atoms with Crippen LogP contribution in [0.2, 0.25) is 0 Å². The Balaban J connectivity index is 1.82. The van der Waals surface area contributed by atoms with Crippen molar-refractivity contribution in [2.24, 2.45) is 0 Å². The molecule has 0 aliphatic carbocycles. The lowest BCUT2D eigenvalue weighted by Gasteiger charge is -2.11. The third-order valence-electron chi connectivity index (χ3n) is 3.24.